The Bertz CT molecular complexity index is 916. The molecule has 2 aromatic rings. The average Bonchev–Trinajstić information content (AvgIpc) is 2.78. The number of carbonyl (C=O) groups is 1. The molecule has 3 fully saturated rings. The molecule has 0 radical (unpaired) electrons. The van der Waals surface area contributed by atoms with Gasteiger partial charge in [-0.05, 0) is 67.3 Å². The highest BCUT2D eigenvalue weighted by Gasteiger charge is 2.45. The summed E-state index contributed by atoms with van der Waals surface area (Å²) in [6.07, 6.45) is 6.76. The van der Waals surface area contributed by atoms with Crippen LogP contribution in [0, 0.1) is 11.8 Å². The Balaban J connectivity index is 1.38. The van der Waals surface area contributed by atoms with E-state index in [9.17, 15) is 4.79 Å². The Morgan fingerprint density at radius 3 is 2.73 bits per heavy atom. The van der Waals surface area contributed by atoms with Crippen LogP contribution in [0.2, 0.25) is 0 Å². The Labute approximate surface area is 178 Å². The summed E-state index contributed by atoms with van der Waals surface area (Å²) >= 11 is 0. The first-order valence-corrected chi connectivity index (χ1v) is 11.0. The molecule has 0 unspecified atom stereocenters. The first-order valence-electron chi connectivity index (χ1n) is 11.0. The van der Waals surface area contributed by atoms with Gasteiger partial charge in [-0.2, -0.15) is 0 Å². The van der Waals surface area contributed by atoms with E-state index in [0.717, 1.165) is 31.2 Å². The standard InChI is InChI=1S/C24H30N4O2/c1-30-19-9-7-17(8-10-19)21-5-2-6-22-18-12-16(14-28(21)22)13-27(15-18)24-20(23(25)29)4-3-11-26-24/h3-4,7-11,16,18,21-22H,2,5-6,12-15H2,1H3,(H2,25,29)/t16-,18+,21+,22-/m0/s1. The third-order valence-corrected chi connectivity index (χ3v) is 7.24. The molecule has 4 heterocycles. The van der Waals surface area contributed by atoms with Crippen molar-refractivity contribution in [2.45, 2.75) is 37.8 Å². The summed E-state index contributed by atoms with van der Waals surface area (Å²) in [7, 11) is 1.72. The van der Waals surface area contributed by atoms with Gasteiger partial charge in [0, 0.05) is 37.9 Å². The SMILES string of the molecule is COc1ccc([C@H]2CCC[C@H]3[C@@H]4C[C@@H](CN(c5ncccc5C(N)=O)C4)CN23)cc1. The van der Waals surface area contributed by atoms with Gasteiger partial charge in [0.1, 0.15) is 11.6 Å². The van der Waals surface area contributed by atoms with E-state index < -0.39 is 5.91 Å². The quantitative estimate of drug-likeness (QED) is 0.844. The molecule has 0 saturated carbocycles. The number of hydrogen-bond donors (Lipinski definition) is 1. The molecule has 0 aliphatic carbocycles. The van der Waals surface area contributed by atoms with Crippen molar-refractivity contribution < 1.29 is 9.53 Å². The van der Waals surface area contributed by atoms with Gasteiger partial charge in [0.25, 0.3) is 5.91 Å². The van der Waals surface area contributed by atoms with E-state index >= 15 is 0 Å². The lowest BCUT2D eigenvalue weighted by Gasteiger charge is -2.55. The molecule has 1 amide bonds. The maximum atomic E-state index is 11.9. The molecule has 6 nitrogen and oxygen atoms in total. The summed E-state index contributed by atoms with van der Waals surface area (Å²) in [5.74, 6) is 2.46. The highest BCUT2D eigenvalue weighted by molar-refractivity contribution is 5.97. The van der Waals surface area contributed by atoms with Crippen molar-refractivity contribution in [2.75, 3.05) is 31.6 Å². The average molecular weight is 407 g/mol. The smallest absolute Gasteiger partial charge is 0.252 e. The highest BCUT2D eigenvalue weighted by atomic mass is 16.5. The topological polar surface area (TPSA) is 71.7 Å². The number of carbonyl (C=O) groups excluding carboxylic acids is 1. The van der Waals surface area contributed by atoms with Crippen molar-refractivity contribution in [3.8, 4) is 5.75 Å². The lowest BCUT2D eigenvalue weighted by Crippen LogP contribution is -2.60. The molecule has 4 atom stereocenters. The monoisotopic (exact) mass is 406 g/mol. The molecule has 3 saturated heterocycles. The summed E-state index contributed by atoms with van der Waals surface area (Å²) in [6, 6.07) is 13.3. The Kier molecular flexibility index (Phi) is 5.11. The zero-order chi connectivity index (χ0) is 20.7. The second-order valence-electron chi connectivity index (χ2n) is 8.99. The molecule has 2 N–H and O–H groups in total. The number of aromatic nitrogens is 1. The Morgan fingerprint density at radius 1 is 1.13 bits per heavy atom. The van der Waals surface area contributed by atoms with Crippen LogP contribution >= 0.6 is 0 Å². The molecule has 158 valence electrons. The third-order valence-electron chi connectivity index (χ3n) is 7.24. The van der Waals surface area contributed by atoms with Crippen molar-refractivity contribution in [1.29, 1.82) is 0 Å². The molecular weight excluding hydrogens is 376 g/mol. The fraction of sp³-hybridized carbons (Fsp3) is 0.500. The molecule has 1 aromatic carbocycles. The van der Waals surface area contributed by atoms with Gasteiger partial charge in [-0.25, -0.2) is 4.98 Å². The van der Waals surface area contributed by atoms with E-state index in [0.29, 0.717) is 29.5 Å². The number of nitrogens with zero attached hydrogens (tertiary/aromatic N) is 3. The zero-order valence-corrected chi connectivity index (χ0v) is 17.5. The van der Waals surface area contributed by atoms with Crippen LogP contribution in [0.25, 0.3) is 0 Å². The van der Waals surface area contributed by atoms with Crippen molar-refractivity contribution in [2.24, 2.45) is 17.6 Å². The molecule has 5 rings (SSSR count). The summed E-state index contributed by atoms with van der Waals surface area (Å²) < 4.78 is 5.35. The van der Waals surface area contributed by atoms with E-state index in [4.69, 9.17) is 10.5 Å². The van der Waals surface area contributed by atoms with Gasteiger partial charge in [-0.1, -0.05) is 12.1 Å². The number of amides is 1. The Morgan fingerprint density at radius 2 is 1.97 bits per heavy atom. The van der Waals surface area contributed by atoms with E-state index in [1.165, 1.54) is 31.2 Å². The molecule has 1 aromatic heterocycles. The number of pyridine rings is 1. The lowest BCUT2D eigenvalue weighted by molar-refractivity contribution is -0.0201. The molecule has 6 heteroatoms. The van der Waals surface area contributed by atoms with Gasteiger partial charge in [0.2, 0.25) is 0 Å². The summed E-state index contributed by atoms with van der Waals surface area (Å²) in [6.45, 7) is 2.99. The van der Waals surface area contributed by atoms with Crippen LogP contribution in [0.5, 0.6) is 5.75 Å². The minimum atomic E-state index is -0.396. The molecule has 30 heavy (non-hydrogen) atoms. The van der Waals surface area contributed by atoms with Crippen LogP contribution in [0.4, 0.5) is 5.82 Å². The first kappa shape index (κ1) is 19.4. The molecule has 3 aliphatic heterocycles. The van der Waals surface area contributed by atoms with E-state index in [1.807, 2.05) is 0 Å². The van der Waals surface area contributed by atoms with E-state index in [1.54, 1.807) is 25.4 Å². The number of primary amides is 1. The number of nitrogens with two attached hydrogens (primary N) is 1. The van der Waals surface area contributed by atoms with Crippen LogP contribution in [0.1, 0.15) is 47.6 Å². The highest BCUT2D eigenvalue weighted by Crippen LogP contribution is 2.45. The van der Waals surface area contributed by atoms with Gasteiger partial charge >= 0.3 is 0 Å². The second kappa shape index (κ2) is 7.91. The second-order valence-corrected chi connectivity index (χ2v) is 8.99. The minimum absolute atomic E-state index is 0.396. The van der Waals surface area contributed by atoms with Gasteiger partial charge in [0.15, 0.2) is 0 Å². The number of fused-ring (bicyclic) bond motifs is 4. The fourth-order valence-electron chi connectivity index (χ4n) is 6.01. The van der Waals surface area contributed by atoms with Crippen LogP contribution in [0.15, 0.2) is 42.6 Å². The maximum Gasteiger partial charge on any atom is 0.252 e. The fourth-order valence-corrected chi connectivity index (χ4v) is 6.01. The van der Waals surface area contributed by atoms with Gasteiger partial charge in [-0.3, -0.25) is 9.69 Å². The van der Waals surface area contributed by atoms with E-state index in [2.05, 4.69) is 39.0 Å². The summed E-state index contributed by atoms with van der Waals surface area (Å²) in [5, 5.41) is 0. The number of ether oxygens (including phenoxy) is 1. The van der Waals surface area contributed by atoms with Crippen LogP contribution in [-0.2, 0) is 0 Å². The summed E-state index contributed by atoms with van der Waals surface area (Å²) in [5.41, 5.74) is 7.56. The van der Waals surface area contributed by atoms with Crippen molar-refractivity contribution in [1.82, 2.24) is 9.88 Å². The number of methoxy groups -OCH3 is 1. The molecular formula is C24H30N4O2. The van der Waals surface area contributed by atoms with Gasteiger partial charge in [-0.15, -0.1) is 0 Å². The predicted octanol–water partition coefficient (Wildman–Crippen LogP) is 3.24. The number of rotatable bonds is 4. The lowest BCUT2D eigenvalue weighted by atomic mass is 9.74. The first-order chi connectivity index (χ1) is 14.6. The molecule has 2 bridgehead atoms. The maximum absolute atomic E-state index is 11.9. The third kappa shape index (κ3) is 3.43. The molecule has 3 aliphatic rings. The van der Waals surface area contributed by atoms with Crippen LogP contribution in [0.3, 0.4) is 0 Å². The zero-order valence-electron chi connectivity index (χ0n) is 17.5. The van der Waals surface area contributed by atoms with Crippen molar-refractivity contribution in [3.05, 3.63) is 53.7 Å². The summed E-state index contributed by atoms with van der Waals surface area (Å²) in [4.78, 5) is 21.5. The van der Waals surface area contributed by atoms with E-state index in [-0.39, 0.29) is 0 Å². The number of piperidine rings is 3. The Hall–Kier alpha value is -2.60. The van der Waals surface area contributed by atoms with Crippen molar-refractivity contribution >= 4 is 11.7 Å². The van der Waals surface area contributed by atoms with Gasteiger partial charge in [0.05, 0.1) is 12.7 Å². The largest absolute Gasteiger partial charge is 0.497 e. The number of anilines is 1. The normalized spacial score (nSPS) is 28.6. The minimum Gasteiger partial charge on any atom is -0.497 e. The van der Waals surface area contributed by atoms with Crippen LogP contribution < -0.4 is 15.4 Å². The van der Waals surface area contributed by atoms with Gasteiger partial charge < -0.3 is 15.4 Å². The molecule has 0 spiro atoms. The van der Waals surface area contributed by atoms with Crippen LogP contribution in [-0.4, -0.2) is 48.6 Å². The number of hydrogen-bond acceptors (Lipinski definition) is 5. The predicted molar refractivity (Wildman–Crippen MR) is 117 cm³/mol. The van der Waals surface area contributed by atoms with Crippen molar-refractivity contribution in [3.63, 3.8) is 0 Å². The number of benzene rings is 1.